The number of hydrogen-bond acceptors (Lipinski definition) is 0. The van der Waals surface area contributed by atoms with E-state index in [1.165, 1.54) is 11.1 Å². The second kappa shape index (κ2) is 5.11. The van der Waals surface area contributed by atoms with Gasteiger partial charge in [0.15, 0.2) is 0 Å². The third kappa shape index (κ3) is 2.68. The number of rotatable bonds is 3. The van der Waals surface area contributed by atoms with Crippen LogP contribution in [0.15, 0.2) is 24.3 Å². The van der Waals surface area contributed by atoms with Gasteiger partial charge in [-0.1, -0.05) is 32.9 Å². The molecule has 0 aliphatic heterocycles. The van der Waals surface area contributed by atoms with Crippen molar-refractivity contribution in [3.05, 3.63) is 41.2 Å². The highest BCUT2D eigenvalue weighted by atomic mass is 19.1. The molecule has 0 nitrogen and oxygen atoms in total. The molecule has 0 saturated carbocycles. The molecule has 15 heavy (non-hydrogen) atoms. The van der Waals surface area contributed by atoms with Gasteiger partial charge in [0.25, 0.3) is 0 Å². The van der Waals surface area contributed by atoms with Crippen molar-refractivity contribution < 1.29 is 4.39 Å². The standard InChI is InChI=1S/C14H19F/c1-5-11(6-2)14-9-12(15)7-8-13(14)10(3)4/h5,7-10H,6H2,1-4H3/b11-5-. The summed E-state index contributed by atoms with van der Waals surface area (Å²) in [5, 5.41) is 0. The van der Waals surface area contributed by atoms with Crippen molar-refractivity contribution in [2.75, 3.05) is 0 Å². The maximum Gasteiger partial charge on any atom is 0.123 e. The van der Waals surface area contributed by atoms with E-state index in [2.05, 4.69) is 26.8 Å². The Morgan fingerprint density at radius 3 is 2.53 bits per heavy atom. The van der Waals surface area contributed by atoms with E-state index in [0.29, 0.717) is 5.92 Å². The lowest BCUT2D eigenvalue weighted by Gasteiger charge is -2.14. The molecule has 0 N–H and O–H groups in total. The monoisotopic (exact) mass is 206 g/mol. The van der Waals surface area contributed by atoms with Gasteiger partial charge in [-0.15, -0.1) is 0 Å². The van der Waals surface area contributed by atoms with Gasteiger partial charge in [-0.25, -0.2) is 4.39 Å². The van der Waals surface area contributed by atoms with E-state index in [4.69, 9.17) is 0 Å². The lowest BCUT2D eigenvalue weighted by Crippen LogP contribution is -1.96. The van der Waals surface area contributed by atoms with Crippen LogP contribution < -0.4 is 0 Å². The number of allylic oxidation sites excluding steroid dienone is 2. The Morgan fingerprint density at radius 2 is 2.07 bits per heavy atom. The number of halogens is 1. The molecule has 0 aliphatic carbocycles. The molecule has 0 saturated heterocycles. The largest absolute Gasteiger partial charge is 0.207 e. The molecule has 0 spiro atoms. The second-order valence-corrected chi connectivity index (χ2v) is 4.05. The topological polar surface area (TPSA) is 0 Å². The van der Waals surface area contributed by atoms with E-state index >= 15 is 0 Å². The third-order valence-electron chi connectivity index (χ3n) is 2.71. The van der Waals surface area contributed by atoms with Gasteiger partial charge in [-0.05, 0) is 48.1 Å². The van der Waals surface area contributed by atoms with Crippen LogP contribution in [-0.4, -0.2) is 0 Å². The zero-order chi connectivity index (χ0) is 11.4. The minimum atomic E-state index is -0.151. The Bertz CT molecular complexity index is 362. The van der Waals surface area contributed by atoms with Gasteiger partial charge in [-0.3, -0.25) is 0 Å². The van der Waals surface area contributed by atoms with E-state index in [1.807, 2.05) is 13.0 Å². The first-order chi connectivity index (χ1) is 7.10. The fourth-order valence-electron chi connectivity index (χ4n) is 1.86. The van der Waals surface area contributed by atoms with Gasteiger partial charge in [0, 0.05) is 0 Å². The highest BCUT2D eigenvalue weighted by Crippen LogP contribution is 2.28. The lowest BCUT2D eigenvalue weighted by molar-refractivity contribution is 0.625. The fraction of sp³-hybridized carbons (Fsp3) is 0.429. The van der Waals surface area contributed by atoms with Gasteiger partial charge >= 0.3 is 0 Å². The first kappa shape index (κ1) is 12.0. The highest BCUT2D eigenvalue weighted by molar-refractivity contribution is 5.68. The van der Waals surface area contributed by atoms with Crippen LogP contribution in [0, 0.1) is 5.82 Å². The van der Waals surface area contributed by atoms with Crippen LogP contribution in [0.3, 0.4) is 0 Å². The minimum Gasteiger partial charge on any atom is -0.207 e. The summed E-state index contributed by atoms with van der Waals surface area (Å²) in [6, 6.07) is 5.09. The Morgan fingerprint density at radius 1 is 1.40 bits per heavy atom. The number of hydrogen-bond donors (Lipinski definition) is 0. The summed E-state index contributed by atoms with van der Waals surface area (Å²) in [5.41, 5.74) is 3.51. The highest BCUT2D eigenvalue weighted by Gasteiger charge is 2.10. The Kier molecular flexibility index (Phi) is 4.07. The van der Waals surface area contributed by atoms with E-state index < -0.39 is 0 Å². The van der Waals surface area contributed by atoms with Gasteiger partial charge in [-0.2, -0.15) is 0 Å². The molecule has 1 aromatic carbocycles. The molecule has 82 valence electrons. The molecule has 0 amide bonds. The Balaban J connectivity index is 3.30. The van der Waals surface area contributed by atoms with Crippen molar-refractivity contribution >= 4 is 5.57 Å². The van der Waals surface area contributed by atoms with Crippen LogP contribution in [0.25, 0.3) is 5.57 Å². The predicted octanol–water partition coefficient (Wildman–Crippen LogP) is 4.76. The normalized spacial score (nSPS) is 12.3. The van der Waals surface area contributed by atoms with Crippen molar-refractivity contribution in [2.24, 2.45) is 0 Å². The van der Waals surface area contributed by atoms with Crippen molar-refractivity contribution in [3.63, 3.8) is 0 Å². The summed E-state index contributed by atoms with van der Waals surface area (Å²) in [5.74, 6) is 0.282. The quantitative estimate of drug-likeness (QED) is 0.668. The maximum atomic E-state index is 13.2. The van der Waals surface area contributed by atoms with Crippen LogP contribution in [0.5, 0.6) is 0 Å². The summed E-state index contributed by atoms with van der Waals surface area (Å²) in [6.45, 7) is 8.39. The molecule has 1 aromatic rings. The van der Waals surface area contributed by atoms with Gasteiger partial charge in [0.2, 0.25) is 0 Å². The van der Waals surface area contributed by atoms with E-state index in [1.54, 1.807) is 12.1 Å². The Labute approximate surface area is 91.8 Å². The summed E-state index contributed by atoms with van der Waals surface area (Å²) in [6.07, 6.45) is 3.01. The average molecular weight is 206 g/mol. The molecule has 0 atom stereocenters. The van der Waals surface area contributed by atoms with E-state index in [0.717, 1.165) is 12.0 Å². The van der Waals surface area contributed by atoms with Crippen molar-refractivity contribution in [1.29, 1.82) is 0 Å². The van der Waals surface area contributed by atoms with Crippen LogP contribution in [0.1, 0.15) is 51.2 Å². The molecule has 0 fully saturated rings. The number of benzene rings is 1. The molecular formula is C14H19F. The van der Waals surface area contributed by atoms with Crippen LogP contribution in [0.2, 0.25) is 0 Å². The maximum absolute atomic E-state index is 13.2. The summed E-state index contributed by atoms with van der Waals surface area (Å²) < 4.78 is 13.2. The zero-order valence-corrected chi connectivity index (χ0v) is 9.97. The SMILES string of the molecule is C/C=C(/CC)c1cc(F)ccc1C(C)C. The summed E-state index contributed by atoms with van der Waals surface area (Å²) in [4.78, 5) is 0. The van der Waals surface area contributed by atoms with Crippen molar-refractivity contribution in [1.82, 2.24) is 0 Å². The average Bonchev–Trinajstić information content (AvgIpc) is 2.19. The minimum absolute atomic E-state index is 0.151. The molecule has 0 unspecified atom stereocenters. The van der Waals surface area contributed by atoms with Crippen molar-refractivity contribution in [3.8, 4) is 0 Å². The molecular weight excluding hydrogens is 187 g/mol. The molecule has 1 rings (SSSR count). The van der Waals surface area contributed by atoms with Gasteiger partial charge in [0.05, 0.1) is 0 Å². The molecule has 0 bridgehead atoms. The first-order valence-electron chi connectivity index (χ1n) is 5.55. The first-order valence-corrected chi connectivity index (χ1v) is 5.55. The van der Waals surface area contributed by atoms with E-state index in [9.17, 15) is 4.39 Å². The molecule has 0 heterocycles. The van der Waals surface area contributed by atoms with Crippen LogP contribution >= 0.6 is 0 Å². The summed E-state index contributed by atoms with van der Waals surface area (Å²) >= 11 is 0. The smallest absolute Gasteiger partial charge is 0.123 e. The molecule has 0 aromatic heterocycles. The fourth-order valence-corrected chi connectivity index (χ4v) is 1.86. The van der Waals surface area contributed by atoms with Crippen LogP contribution in [-0.2, 0) is 0 Å². The third-order valence-corrected chi connectivity index (χ3v) is 2.71. The van der Waals surface area contributed by atoms with Crippen molar-refractivity contribution in [2.45, 2.75) is 40.0 Å². The summed E-state index contributed by atoms with van der Waals surface area (Å²) in [7, 11) is 0. The van der Waals surface area contributed by atoms with Gasteiger partial charge < -0.3 is 0 Å². The van der Waals surface area contributed by atoms with Crippen LogP contribution in [0.4, 0.5) is 4.39 Å². The molecule has 0 aliphatic rings. The molecule has 0 radical (unpaired) electrons. The lowest BCUT2D eigenvalue weighted by atomic mass is 9.91. The zero-order valence-electron chi connectivity index (χ0n) is 9.97. The van der Waals surface area contributed by atoms with Gasteiger partial charge in [0.1, 0.15) is 5.82 Å². The predicted molar refractivity (Wildman–Crippen MR) is 64.4 cm³/mol. The van der Waals surface area contributed by atoms with E-state index in [-0.39, 0.29) is 5.82 Å². The molecule has 1 heteroatoms. The second-order valence-electron chi connectivity index (χ2n) is 4.05. The Hall–Kier alpha value is -1.11.